The van der Waals surface area contributed by atoms with Gasteiger partial charge in [-0.05, 0) is 36.6 Å². The zero-order valence-corrected chi connectivity index (χ0v) is 22.2. The minimum Gasteiger partial charge on any atom is -0.483 e. The highest BCUT2D eigenvalue weighted by atomic mass is 19.4. The van der Waals surface area contributed by atoms with Crippen LogP contribution >= 0.6 is 0 Å². The lowest BCUT2D eigenvalue weighted by atomic mass is 9.70. The topological polar surface area (TPSA) is 117 Å². The number of carbonyl (C=O) groups is 3. The highest BCUT2D eigenvalue weighted by molar-refractivity contribution is 6.04. The van der Waals surface area contributed by atoms with Crippen molar-refractivity contribution in [2.24, 2.45) is 11.1 Å². The number of hydrogen-bond donors (Lipinski definition) is 2. The van der Waals surface area contributed by atoms with Crippen LogP contribution in [0.1, 0.15) is 50.7 Å². The molecule has 8 nitrogen and oxygen atoms in total. The standard InChI is InChI=1S/C29H29F3N2O6/c1-4-38-27(37)25-23(24-19(35)13-28(2,3)14-21(24)40-26(25)33)18-10-5-6-11-20(18)39-15-22(36)34-17-9-7-8-16(12-17)29(30,31)32/h5-12,23H,4,13-15,33H2,1-3H3,(H,34,36). The Hall–Kier alpha value is -4.28. The van der Waals surface area contributed by atoms with Gasteiger partial charge in [-0.3, -0.25) is 9.59 Å². The maximum absolute atomic E-state index is 13.4. The predicted molar refractivity (Wildman–Crippen MR) is 139 cm³/mol. The summed E-state index contributed by atoms with van der Waals surface area (Å²) in [5.74, 6) is -2.33. The molecular weight excluding hydrogens is 529 g/mol. The third-order valence-electron chi connectivity index (χ3n) is 6.51. The van der Waals surface area contributed by atoms with Gasteiger partial charge in [0, 0.05) is 29.7 Å². The molecule has 4 rings (SSSR count). The second-order valence-corrected chi connectivity index (χ2v) is 10.3. The van der Waals surface area contributed by atoms with Crippen molar-refractivity contribution < 1.29 is 41.8 Å². The first-order valence-electron chi connectivity index (χ1n) is 12.6. The average molecular weight is 559 g/mol. The zero-order valence-electron chi connectivity index (χ0n) is 22.2. The van der Waals surface area contributed by atoms with E-state index in [-0.39, 0.29) is 52.7 Å². The van der Waals surface area contributed by atoms with E-state index in [1.54, 1.807) is 31.2 Å². The largest absolute Gasteiger partial charge is 0.483 e. The summed E-state index contributed by atoms with van der Waals surface area (Å²) in [6, 6.07) is 10.7. The number of amides is 1. The summed E-state index contributed by atoms with van der Waals surface area (Å²) >= 11 is 0. The predicted octanol–water partition coefficient (Wildman–Crippen LogP) is 5.21. The summed E-state index contributed by atoms with van der Waals surface area (Å²) in [6.45, 7) is 4.98. The number of rotatable bonds is 7. The fourth-order valence-corrected chi connectivity index (χ4v) is 4.87. The van der Waals surface area contributed by atoms with E-state index in [2.05, 4.69) is 5.32 Å². The molecule has 1 aliphatic heterocycles. The van der Waals surface area contributed by atoms with Gasteiger partial charge in [0.05, 0.1) is 18.1 Å². The summed E-state index contributed by atoms with van der Waals surface area (Å²) in [7, 11) is 0. The number of ether oxygens (including phenoxy) is 3. The second-order valence-electron chi connectivity index (χ2n) is 10.3. The van der Waals surface area contributed by atoms with Crippen molar-refractivity contribution in [3.05, 3.63) is 82.4 Å². The quantitative estimate of drug-likeness (QED) is 0.448. The van der Waals surface area contributed by atoms with Gasteiger partial charge in [0.2, 0.25) is 5.88 Å². The Morgan fingerprint density at radius 2 is 1.85 bits per heavy atom. The zero-order chi connectivity index (χ0) is 29.2. The average Bonchev–Trinajstić information content (AvgIpc) is 2.86. The van der Waals surface area contributed by atoms with Crippen LogP contribution in [0.2, 0.25) is 0 Å². The van der Waals surface area contributed by atoms with Gasteiger partial charge in [0.15, 0.2) is 12.4 Å². The van der Waals surface area contributed by atoms with Crippen LogP contribution in [0.3, 0.4) is 0 Å². The number of nitrogens with one attached hydrogen (secondary N) is 1. The molecule has 0 radical (unpaired) electrons. The molecule has 0 fully saturated rings. The van der Waals surface area contributed by atoms with Gasteiger partial charge in [-0.25, -0.2) is 4.79 Å². The number of para-hydroxylation sites is 1. The molecule has 0 aromatic heterocycles. The van der Waals surface area contributed by atoms with Crippen molar-refractivity contribution in [2.75, 3.05) is 18.5 Å². The lowest BCUT2D eigenvalue weighted by molar-refractivity contribution is -0.139. The maximum Gasteiger partial charge on any atom is 0.416 e. The minimum absolute atomic E-state index is 0.0494. The Morgan fingerprint density at radius 1 is 1.12 bits per heavy atom. The molecule has 0 spiro atoms. The van der Waals surface area contributed by atoms with Gasteiger partial charge in [-0.1, -0.05) is 38.1 Å². The summed E-state index contributed by atoms with van der Waals surface area (Å²) in [4.78, 5) is 39.0. The molecule has 0 bridgehead atoms. The van der Waals surface area contributed by atoms with Crippen molar-refractivity contribution >= 4 is 23.3 Å². The first-order valence-corrected chi connectivity index (χ1v) is 12.6. The number of anilines is 1. The number of benzene rings is 2. The molecule has 212 valence electrons. The molecule has 40 heavy (non-hydrogen) atoms. The number of Topliss-reactive ketones (excluding diaryl/α,β-unsaturated/α-hetero) is 1. The van der Waals surface area contributed by atoms with Crippen LogP contribution in [-0.2, 0) is 30.0 Å². The number of allylic oxidation sites excluding steroid dienone is 2. The summed E-state index contributed by atoms with van der Waals surface area (Å²) in [5, 5.41) is 2.38. The lowest BCUT2D eigenvalue weighted by Crippen LogP contribution is -2.36. The number of esters is 1. The third-order valence-corrected chi connectivity index (χ3v) is 6.51. The molecule has 11 heteroatoms. The molecule has 1 aliphatic carbocycles. The van der Waals surface area contributed by atoms with Crippen LogP contribution < -0.4 is 15.8 Å². The highest BCUT2D eigenvalue weighted by Gasteiger charge is 2.46. The first kappa shape index (κ1) is 28.7. The van der Waals surface area contributed by atoms with E-state index in [9.17, 15) is 27.6 Å². The van der Waals surface area contributed by atoms with Gasteiger partial charge < -0.3 is 25.3 Å². The second kappa shape index (κ2) is 11.1. The smallest absolute Gasteiger partial charge is 0.416 e. The van der Waals surface area contributed by atoms with Gasteiger partial charge in [-0.15, -0.1) is 0 Å². The van der Waals surface area contributed by atoms with Crippen molar-refractivity contribution in [3.8, 4) is 5.75 Å². The molecule has 1 amide bonds. The molecule has 2 aromatic carbocycles. The van der Waals surface area contributed by atoms with Crippen LogP contribution in [0.15, 0.2) is 71.3 Å². The molecule has 1 unspecified atom stereocenters. The third kappa shape index (κ3) is 6.13. The number of hydrogen-bond acceptors (Lipinski definition) is 7. The van der Waals surface area contributed by atoms with Gasteiger partial charge in [-0.2, -0.15) is 13.2 Å². The van der Waals surface area contributed by atoms with E-state index in [4.69, 9.17) is 19.9 Å². The van der Waals surface area contributed by atoms with Gasteiger partial charge >= 0.3 is 12.1 Å². The maximum atomic E-state index is 13.4. The molecule has 1 heterocycles. The lowest BCUT2D eigenvalue weighted by Gasteiger charge is -2.38. The fraction of sp³-hybridized carbons (Fsp3) is 0.345. The molecule has 2 aromatic rings. The first-order chi connectivity index (χ1) is 18.8. The summed E-state index contributed by atoms with van der Waals surface area (Å²) in [6.07, 6.45) is -3.95. The molecule has 2 aliphatic rings. The van der Waals surface area contributed by atoms with Crippen molar-refractivity contribution in [3.63, 3.8) is 0 Å². The number of halogens is 3. The Bertz CT molecular complexity index is 1410. The van der Waals surface area contributed by atoms with E-state index in [1.165, 1.54) is 12.1 Å². The van der Waals surface area contributed by atoms with Gasteiger partial charge in [0.25, 0.3) is 5.91 Å². The van der Waals surface area contributed by atoms with Crippen LogP contribution in [0.4, 0.5) is 18.9 Å². The van der Waals surface area contributed by atoms with Crippen molar-refractivity contribution in [1.29, 1.82) is 0 Å². The van der Waals surface area contributed by atoms with Crippen LogP contribution in [-0.4, -0.2) is 30.9 Å². The molecule has 3 N–H and O–H groups in total. The Labute approximate surface area is 229 Å². The molecule has 1 atom stereocenters. The van der Waals surface area contributed by atoms with E-state index in [1.807, 2.05) is 13.8 Å². The summed E-state index contributed by atoms with van der Waals surface area (Å²) in [5.41, 5.74) is 5.45. The molecule has 0 saturated carbocycles. The Balaban J connectivity index is 1.65. The highest BCUT2D eigenvalue weighted by Crippen LogP contribution is 2.49. The summed E-state index contributed by atoms with van der Waals surface area (Å²) < 4.78 is 55.9. The molecule has 0 saturated heterocycles. The minimum atomic E-state index is -4.56. The SMILES string of the molecule is CCOC(=O)C1=C(N)OC2=C(C(=O)CC(C)(C)C2)C1c1ccccc1OCC(=O)Nc1cccc(C(F)(F)F)c1. The van der Waals surface area contributed by atoms with Crippen molar-refractivity contribution in [1.82, 2.24) is 0 Å². The number of carbonyl (C=O) groups excluding carboxylic acids is 3. The Morgan fingerprint density at radius 3 is 2.55 bits per heavy atom. The number of nitrogens with two attached hydrogens (primary N) is 1. The van der Waals surface area contributed by atoms with Gasteiger partial charge in [0.1, 0.15) is 17.1 Å². The van der Waals surface area contributed by atoms with Crippen LogP contribution in [0, 0.1) is 5.41 Å². The van der Waals surface area contributed by atoms with E-state index in [0.29, 0.717) is 17.7 Å². The van der Waals surface area contributed by atoms with Crippen molar-refractivity contribution in [2.45, 2.75) is 45.7 Å². The number of ketones is 1. The van der Waals surface area contributed by atoms with E-state index >= 15 is 0 Å². The fourth-order valence-electron chi connectivity index (χ4n) is 4.87. The van der Waals surface area contributed by atoms with Crippen LogP contribution in [0.25, 0.3) is 0 Å². The molecular formula is C29H29F3N2O6. The van der Waals surface area contributed by atoms with Crippen LogP contribution in [0.5, 0.6) is 5.75 Å². The monoisotopic (exact) mass is 558 g/mol. The Kier molecular flexibility index (Phi) is 7.95. The normalized spacial score (nSPS) is 18.6. The van der Waals surface area contributed by atoms with E-state index < -0.39 is 36.1 Å². The number of alkyl halides is 3. The van der Waals surface area contributed by atoms with E-state index in [0.717, 1.165) is 12.1 Å².